The standard InChI is InChI=1S/C15H13F3N2O/c1-10(11-5-7-19-8-6-11)20-14(21)12-3-2-4-13(9-12)15(16,17)18/h2-10H,1H3,(H,20,21)/t10-/m0/s1. The average molecular weight is 294 g/mol. The van der Waals surface area contributed by atoms with Gasteiger partial charge < -0.3 is 5.32 Å². The van der Waals surface area contributed by atoms with Crippen molar-refractivity contribution in [3.05, 3.63) is 65.5 Å². The summed E-state index contributed by atoms with van der Waals surface area (Å²) in [6.45, 7) is 1.75. The Morgan fingerprint density at radius 3 is 2.48 bits per heavy atom. The number of carbonyl (C=O) groups excluding carboxylic acids is 1. The molecule has 0 saturated carbocycles. The maximum Gasteiger partial charge on any atom is 0.416 e. The molecule has 1 heterocycles. The lowest BCUT2D eigenvalue weighted by molar-refractivity contribution is -0.137. The van der Waals surface area contributed by atoms with Crippen LogP contribution in [0.1, 0.15) is 34.5 Å². The van der Waals surface area contributed by atoms with Gasteiger partial charge in [0.1, 0.15) is 0 Å². The van der Waals surface area contributed by atoms with E-state index in [2.05, 4.69) is 10.3 Å². The molecular formula is C15H13F3N2O. The summed E-state index contributed by atoms with van der Waals surface area (Å²) in [5, 5.41) is 2.66. The minimum Gasteiger partial charge on any atom is -0.346 e. The van der Waals surface area contributed by atoms with E-state index in [0.29, 0.717) is 0 Å². The van der Waals surface area contributed by atoms with Crippen molar-refractivity contribution in [2.75, 3.05) is 0 Å². The van der Waals surface area contributed by atoms with Crippen LogP contribution >= 0.6 is 0 Å². The molecule has 0 fully saturated rings. The Hall–Kier alpha value is -2.37. The molecule has 0 bridgehead atoms. The predicted octanol–water partition coefficient (Wildman–Crippen LogP) is 3.59. The fraction of sp³-hybridized carbons (Fsp3) is 0.200. The van der Waals surface area contributed by atoms with E-state index in [0.717, 1.165) is 17.7 Å². The lowest BCUT2D eigenvalue weighted by Gasteiger charge is -2.15. The number of rotatable bonds is 3. The van der Waals surface area contributed by atoms with Crippen molar-refractivity contribution in [1.82, 2.24) is 10.3 Å². The summed E-state index contributed by atoms with van der Waals surface area (Å²) in [6.07, 6.45) is -1.29. The van der Waals surface area contributed by atoms with E-state index in [1.54, 1.807) is 31.5 Å². The number of nitrogens with one attached hydrogen (secondary N) is 1. The number of alkyl halides is 3. The van der Waals surface area contributed by atoms with Crippen LogP contribution in [0, 0.1) is 0 Å². The molecule has 3 nitrogen and oxygen atoms in total. The third kappa shape index (κ3) is 3.81. The fourth-order valence-electron chi connectivity index (χ4n) is 1.85. The van der Waals surface area contributed by atoms with Crippen molar-refractivity contribution >= 4 is 5.91 Å². The molecule has 1 aromatic heterocycles. The molecular weight excluding hydrogens is 281 g/mol. The van der Waals surface area contributed by atoms with E-state index >= 15 is 0 Å². The Morgan fingerprint density at radius 1 is 1.19 bits per heavy atom. The van der Waals surface area contributed by atoms with E-state index < -0.39 is 17.6 Å². The molecule has 1 amide bonds. The molecule has 21 heavy (non-hydrogen) atoms. The number of hydrogen-bond acceptors (Lipinski definition) is 2. The van der Waals surface area contributed by atoms with Gasteiger partial charge in [-0.25, -0.2) is 0 Å². The first-order chi connectivity index (χ1) is 9.88. The Labute approximate surface area is 119 Å². The second kappa shape index (κ2) is 5.95. The molecule has 0 spiro atoms. The summed E-state index contributed by atoms with van der Waals surface area (Å²) in [7, 11) is 0. The SMILES string of the molecule is C[C@H](NC(=O)c1cccc(C(F)(F)F)c1)c1ccncc1. The fourth-order valence-corrected chi connectivity index (χ4v) is 1.85. The van der Waals surface area contributed by atoms with Crippen LogP contribution in [-0.2, 0) is 6.18 Å². The zero-order chi connectivity index (χ0) is 15.5. The van der Waals surface area contributed by atoms with Gasteiger partial charge in [-0.15, -0.1) is 0 Å². The minimum atomic E-state index is -4.47. The molecule has 0 aliphatic heterocycles. The largest absolute Gasteiger partial charge is 0.416 e. The van der Waals surface area contributed by atoms with Crippen molar-refractivity contribution in [1.29, 1.82) is 0 Å². The highest BCUT2D eigenvalue weighted by molar-refractivity contribution is 5.94. The number of nitrogens with zero attached hydrogens (tertiary/aromatic N) is 1. The summed E-state index contributed by atoms with van der Waals surface area (Å²) < 4.78 is 37.9. The van der Waals surface area contributed by atoms with Crippen LogP contribution in [0.2, 0.25) is 0 Å². The van der Waals surface area contributed by atoms with E-state index in [-0.39, 0.29) is 11.6 Å². The molecule has 6 heteroatoms. The van der Waals surface area contributed by atoms with Gasteiger partial charge in [0.25, 0.3) is 5.91 Å². The first kappa shape index (κ1) is 15.0. The van der Waals surface area contributed by atoms with Gasteiger partial charge in [-0.1, -0.05) is 6.07 Å². The van der Waals surface area contributed by atoms with Crippen LogP contribution in [0.3, 0.4) is 0 Å². The lowest BCUT2D eigenvalue weighted by atomic mass is 10.1. The number of aromatic nitrogens is 1. The number of hydrogen-bond donors (Lipinski definition) is 1. The predicted molar refractivity (Wildman–Crippen MR) is 71.6 cm³/mol. The summed E-state index contributed by atoms with van der Waals surface area (Å²) in [6, 6.07) is 7.49. The molecule has 2 rings (SSSR count). The van der Waals surface area contributed by atoms with Crippen LogP contribution in [0.5, 0.6) is 0 Å². The number of benzene rings is 1. The number of halogens is 3. The Bertz CT molecular complexity index is 626. The first-order valence-corrected chi connectivity index (χ1v) is 6.26. The van der Waals surface area contributed by atoms with Crippen molar-refractivity contribution in [2.24, 2.45) is 0 Å². The molecule has 2 aromatic rings. The van der Waals surface area contributed by atoms with Gasteiger partial charge in [-0.3, -0.25) is 9.78 Å². The molecule has 0 unspecified atom stereocenters. The van der Waals surface area contributed by atoms with Gasteiger partial charge in [0.15, 0.2) is 0 Å². The van der Waals surface area contributed by atoms with Gasteiger partial charge in [0, 0.05) is 18.0 Å². The second-order valence-electron chi connectivity index (χ2n) is 4.55. The molecule has 1 atom stereocenters. The zero-order valence-corrected chi connectivity index (χ0v) is 11.2. The van der Waals surface area contributed by atoms with Crippen LogP contribution < -0.4 is 5.32 Å². The Balaban J connectivity index is 2.14. The van der Waals surface area contributed by atoms with Gasteiger partial charge >= 0.3 is 6.18 Å². The Morgan fingerprint density at radius 2 is 1.86 bits per heavy atom. The van der Waals surface area contributed by atoms with Gasteiger partial charge in [0.2, 0.25) is 0 Å². The highest BCUT2D eigenvalue weighted by atomic mass is 19.4. The summed E-state index contributed by atoms with van der Waals surface area (Å²) in [5.41, 5.74) is -0.0391. The van der Waals surface area contributed by atoms with Crippen LogP contribution in [0.15, 0.2) is 48.8 Å². The summed E-state index contributed by atoms with van der Waals surface area (Å²) in [4.78, 5) is 15.9. The molecule has 0 radical (unpaired) electrons. The minimum absolute atomic E-state index is 0.0225. The second-order valence-corrected chi connectivity index (χ2v) is 4.55. The maximum absolute atomic E-state index is 12.6. The lowest BCUT2D eigenvalue weighted by Crippen LogP contribution is -2.26. The topological polar surface area (TPSA) is 42.0 Å². The van der Waals surface area contributed by atoms with E-state index in [1.165, 1.54) is 12.1 Å². The van der Waals surface area contributed by atoms with Crippen molar-refractivity contribution in [3.8, 4) is 0 Å². The first-order valence-electron chi connectivity index (χ1n) is 6.26. The quantitative estimate of drug-likeness (QED) is 0.940. The zero-order valence-electron chi connectivity index (χ0n) is 11.2. The highest BCUT2D eigenvalue weighted by Gasteiger charge is 2.30. The van der Waals surface area contributed by atoms with Crippen molar-refractivity contribution < 1.29 is 18.0 Å². The summed E-state index contributed by atoms with van der Waals surface area (Å²) in [5.74, 6) is -0.551. The van der Waals surface area contributed by atoms with Crippen molar-refractivity contribution in [3.63, 3.8) is 0 Å². The van der Waals surface area contributed by atoms with Gasteiger partial charge in [-0.2, -0.15) is 13.2 Å². The number of amides is 1. The molecule has 0 saturated heterocycles. The molecule has 0 aliphatic rings. The van der Waals surface area contributed by atoms with Crippen molar-refractivity contribution in [2.45, 2.75) is 19.1 Å². The molecule has 1 N–H and O–H groups in total. The monoisotopic (exact) mass is 294 g/mol. The normalized spacial score (nSPS) is 12.8. The molecule has 0 aliphatic carbocycles. The highest BCUT2D eigenvalue weighted by Crippen LogP contribution is 2.29. The van der Waals surface area contributed by atoms with Crippen LogP contribution in [0.25, 0.3) is 0 Å². The van der Waals surface area contributed by atoms with Gasteiger partial charge in [0.05, 0.1) is 11.6 Å². The average Bonchev–Trinajstić information content (AvgIpc) is 2.47. The third-order valence-corrected chi connectivity index (χ3v) is 3.01. The maximum atomic E-state index is 12.6. The molecule has 1 aromatic carbocycles. The third-order valence-electron chi connectivity index (χ3n) is 3.01. The van der Waals surface area contributed by atoms with Crippen LogP contribution in [-0.4, -0.2) is 10.9 Å². The van der Waals surface area contributed by atoms with Crippen LogP contribution in [0.4, 0.5) is 13.2 Å². The van der Waals surface area contributed by atoms with E-state index in [9.17, 15) is 18.0 Å². The number of carbonyl (C=O) groups is 1. The molecule has 110 valence electrons. The van der Waals surface area contributed by atoms with Gasteiger partial charge in [-0.05, 0) is 42.8 Å². The summed E-state index contributed by atoms with van der Waals surface area (Å²) >= 11 is 0. The Kier molecular flexibility index (Phi) is 4.26. The van der Waals surface area contributed by atoms with E-state index in [1.807, 2.05) is 0 Å². The number of pyridine rings is 1. The van der Waals surface area contributed by atoms with E-state index in [4.69, 9.17) is 0 Å². The smallest absolute Gasteiger partial charge is 0.346 e.